The van der Waals surface area contributed by atoms with Gasteiger partial charge in [0.05, 0.1) is 6.61 Å². The van der Waals surface area contributed by atoms with Crippen LogP contribution in [0, 0.1) is 6.92 Å². The van der Waals surface area contributed by atoms with Crippen LogP contribution in [0.2, 0.25) is 0 Å². The summed E-state index contributed by atoms with van der Waals surface area (Å²) in [4.78, 5) is 16.7. The van der Waals surface area contributed by atoms with E-state index < -0.39 is 0 Å². The standard InChI is InChI=1S/C16H24N2O2/c1-3-14(12-19)17-8-10-18(11-9-17)16(20)15-7-5-4-6-13(15)2/h4-7,14,19H,3,8-12H2,1-2H3. The molecule has 4 nitrogen and oxygen atoms in total. The number of rotatable bonds is 4. The molecule has 4 heteroatoms. The van der Waals surface area contributed by atoms with Gasteiger partial charge in [0.1, 0.15) is 0 Å². The number of aliphatic hydroxyl groups is 1. The van der Waals surface area contributed by atoms with E-state index in [1.54, 1.807) is 0 Å². The van der Waals surface area contributed by atoms with Crippen LogP contribution in [0.15, 0.2) is 24.3 Å². The van der Waals surface area contributed by atoms with E-state index in [-0.39, 0.29) is 18.6 Å². The van der Waals surface area contributed by atoms with Crippen molar-refractivity contribution in [2.24, 2.45) is 0 Å². The first kappa shape index (κ1) is 15.0. The smallest absolute Gasteiger partial charge is 0.254 e. The molecule has 2 rings (SSSR count). The third-order valence-electron chi connectivity index (χ3n) is 4.18. The summed E-state index contributed by atoms with van der Waals surface area (Å²) in [6, 6.07) is 7.97. The summed E-state index contributed by atoms with van der Waals surface area (Å²) in [5, 5.41) is 9.35. The third-order valence-corrected chi connectivity index (χ3v) is 4.18. The zero-order valence-corrected chi connectivity index (χ0v) is 12.4. The van der Waals surface area contributed by atoms with Gasteiger partial charge in [0.25, 0.3) is 5.91 Å². The van der Waals surface area contributed by atoms with Crippen LogP contribution < -0.4 is 0 Å². The lowest BCUT2D eigenvalue weighted by Crippen LogP contribution is -2.52. The molecule has 1 saturated heterocycles. The summed E-state index contributed by atoms with van der Waals surface area (Å²) in [5.41, 5.74) is 1.83. The molecule has 1 N–H and O–H groups in total. The molecule has 0 aliphatic carbocycles. The van der Waals surface area contributed by atoms with Crippen molar-refractivity contribution in [2.75, 3.05) is 32.8 Å². The lowest BCUT2D eigenvalue weighted by Gasteiger charge is -2.38. The Kier molecular flexibility index (Phi) is 5.15. The van der Waals surface area contributed by atoms with Crippen LogP contribution in [0.4, 0.5) is 0 Å². The average Bonchev–Trinajstić information content (AvgIpc) is 2.49. The average molecular weight is 276 g/mol. The van der Waals surface area contributed by atoms with Crippen LogP contribution in [0.25, 0.3) is 0 Å². The number of amides is 1. The molecular formula is C16H24N2O2. The minimum Gasteiger partial charge on any atom is -0.395 e. The molecule has 0 bridgehead atoms. The molecule has 1 heterocycles. The zero-order valence-electron chi connectivity index (χ0n) is 12.4. The van der Waals surface area contributed by atoms with Crippen molar-refractivity contribution in [1.82, 2.24) is 9.80 Å². The molecule has 0 radical (unpaired) electrons. The summed E-state index contributed by atoms with van der Waals surface area (Å²) in [5.74, 6) is 0.125. The monoisotopic (exact) mass is 276 g/mol. The predicted octanol–water partition coefficient (Wildman–Crippen LogP) is 1.52. The summed E-state index contributed by atoms with van der Waals surface area (Å²) in [6.07, 6.45) is 0.947. The molecule has 20 heavy (non-hydrogen) atoms. The Balaban J connectivity index is 1.97. The molecular weight excluding hydrogens is 252 g/mol. The maximum absolute atomic E-state index is 12.5. The van der Waals surface area contributed by atoms with Crippen LogP contribution in [0.5, 0.6) is 0 Å². The molecule has 1 aromatic rings. The Bertz CT molecular complexity index is 450. The van der Waals surface area contributed by atoms with Crippen molar-refractivity contribution in [3.8, 4) is 0 Å². The fourth-order valence-corrected chi connectivity index (χ4v) is 2.78. The van der Waals surface area contributed by atoms with Crippen molar-refractivity contribution in [2.45, 2.75) is 26.3 Å². The molecule has 1 aromatic carbocycles. The second kappa shape index (κ2) is 6.86. The highest BCUT2D eigenvalue weighted by Crippen LogP contribution is 2.14. The van der Waals surface area contributed by atoms with Gasteiger partial charge in [-0.3, -0.25) is 9.69 Å². The van der Waals surface area contributed by atoms with Gasteiger partial charge in [-0.15, -0.1) is 0 Å². The van der Waals surface area contributed by atoms with E-state index in [1.807, 2.05) is 36.1 Å². The summed E-state index contributed by atoms with van der Waals surface area (Å²) >= 11 is 0. The van der Waals surface area contributed by atoms with E-state index in [1.165, 1.54) is 0 Å². The van der Waals surface area contributed by atoms with Gasteiger partial charge in [-0.2, -0.15) is 0 Å². The van der Waals surface area contributed by atoms with Crippen molar-refractivity contribution in [3.63, 3.8) is 0 Å². The lowest BCUT2D eigenvalue weighted by molar-refractivity contribution is 0.0472. The van der Waals surface area contributed by atoms with Gasteiger partial charge in [0.2, 0.25) is 0 Å². The fourth-order valence-electron chi connectivity index (χ4n) is 2.78. The highest BCUT2D eigenvalue weighted by atomic mass is 16.3. The zero-order chi connectivity index (χ0) is 14.5. The van der Waals surface area contributed by atoms with Gasteiger partial charge in [-0.05, 0) is 25.0 Å². The third kappa shape index (κ3) is 3.19. The van der Waals surface area contributed by atoms with Gasteiger partial charge in [-0.25, -0.2) is 0 Å². The molecule has 0 saturated carbocycles. The molecule has 0 aromatic heterocycles. The van der Waals surface area contributed by atoms with E-state index >= 15 is 0 Å². The number of aryl methyl sites for hydroxylation is 1. The van der Waals surface area contributed by atoms with Gasteiger partial charge in [0, 0.05) is 37.8 Å². The van der Waals surface area contributed by atoms with Crippen LogP contribution in [-0.2, 0) is 0 Å². The molecule has 1 fully saturated rings. The quantitative estimate of drug-likeness (QED) is 0.907. The van der Waals surface area contributed by atoms with E-state index in [4.69, 9.17) is 0 Å². The molecule has 0 spiro atoms. The van der Waals surface area contributed by atoms with Crippen LogP contribution >= 0.6 is 0 Å². The number of carbonyl (C=O) groups is 1. The largest absolute Gasteiger partial charge is 0.395 e. The maximum atomic E-state index is 12.5. The highest BCUT2D eigenvalue weighted by molar-refractivity contribution is 5.95. The van der Waals surface area contributed by atoms with Gasteiger partial charge in [0.15, 0.2) is 0 Å². The van der Waals surface area contributed by atoms with E-state index in [0.29, 0.717) is 0 Å². The van der Waals surface area contributed by atoms with Crippen LogP contribution in [0.3, 0.4) is 0 Å². The fraction of sp³-hybridized carbons (Fsp3) is 0.562. The Morgan fingerprint density at radius 3 is 2.45 bits per heavy atom. The first-order valence-corrected chi connectivity index (χ1v) is 7.37. The molecule has 1 unspecified atom stereocenters. The molecule has 1 amide bonds. The van der Waals surface area contributed by atoms with Gasteiger partial charge >= 0.3 is 0 Å². The van der Waals surface area contributed by atoms with Crippen LogP contribution in [-0.4, -0.2) is 59.6 Å². The van der Waals surface area contributed by atoms with Crippen molar-refractivity contribution in [3.05, 3.63) is 35.4 Å². The minimum atomic E-state index is 0.125. The Labute approximate surface area is 121 Å². The number of nitrogens with zero attached hydrogens (tertiary/aromatic N) is 2. The number of carbonyl (C=O) groups excluding carboxylic acids is 1. The topological polar surface area (TPSA) is 43.8 Å². The Morgan fingerprint density at radius 1 is 1.25 bits per heavy atom. The van der Waals surface area contributed by atoms with E-state index in [0.717, 1.165) is 43.7 Å². The maximum Gasteiger partial charge on any atom is 0.254 e. The number of piperazine rings is 1. The second-order valence-corrected chi connectivity index (χ2v) is 5.39. The summed E-state index contributed by atoms with van der Waals surface area (Å²) in [7, 11) is 0. The van der Waals surface area contributed by atoms with Crippen molar-refractivity contribution >= 4 is 5.91 Å². The molecule has 1 aliphatic rings. The predicted molar refractivity (Wildman–Crippen MR) is 79.8 cm³/mol. The highest BCUT2D eigenvalue weighted by Gasteiger charge is 2.25. The van der Waals surface area contributed by atoms with E-state index in [2.05, 4.69) is 11.8 Å². The number of benzene rings is 1. The molecule has 1 atom stereocenters. The number of hydrogen-bond donors (Lipinski definition) is 1. The first-order valence-electron chi connectivity index (χ1n) is 7.37. The number of aliphatic hydroxyl groups excluding tert-OH is 1. The normalized spacial score (nSPS) is 18.1. The second-order valence-electron chi connectivity index (χ2n) is 5.39. The van der Waals surface area contributed by atoms with Crippen molar-refractivity contribution in [1.29, 1.82) is 0 Å². The van der Waals surface area contributed by atoms with Gasteiger partial charge in [-0.1, -0.05) is 25.1 Å². The molecule has 1 aliphatic heterocycles. The first-order chi connectivity index (χ1) is 9.67. The number of hydrogen-bond acceptors (Lipinski definition) is 3. The molecule has 110 valence electrons. The summed E-state index contributed by atoms with van der Waals surface area (Å²) < 4.78 is 0. The van der Waals surface area contributed by atoms with Crippen molar-refractivity contribution < 1.29 is 9.90 Å². The lowest BCUT2D eigenvalue weighted by atomic mass is 10.1. The summed E-state index contributed by atoms with van der Waals surface area (Å²) in [6.45, 7) is 7.43. The SMILES string of the molecule is CCC(CO)N1CCN(C(=O)c2ccccc2C)CC1. The van der Waals surface area contributed by atoms with Gasteiger partial charge < -0.3 is 10.0 Å². The Hall–Kier alpha value is -1.39. The minimum absolute atomic E-state index is 0.125. The van der Waals surface area contributed by atoms with Crippen LogP contribution in [0.1, 0.15) is 29.3 Å². The Morgan fingerprint density at radius 2 is 1.90 bits per heavy atom. The van der Waals surface area contributed by atoms with E-state index in [9.17, 15) is 9.90 Å².